The van der Waals surface area contributed by atoms with Crippen molar-refractivity contribution in [2.75, 3.05) is 13.2 Å². The van der Waals surface area contributed by atoms with Crippen LogP contribution in [-0.4, -0.2) is 30.1 Å². The fraction of sp³-hybridized carbons (Fsp3) is 0.450. The normalized spacial score (nSPS) is 17.2. The molecule has 1 unspecified atom stereocenters. The Morgan fingerprint density at radius 3 is 2.76 bits per heavy atom. The van der Waals surface area contributed by atoms with Gasteiger partial charge in [0.25, 0.3) is 5.91 Å². The van der Waals surface area contributed by atoms with E-state index in [0.29, 0.717) is 6.54 Å². The molecule has 3 rings (SSSR count). The molecular formula is C20H26N2O2S. The Morgan fingerprint density at radius 2 is 2.12 bits per heavy atom. The maximum atomic E-state index is 12.8. The van der Waals surface area contributed by atoms with E-state index in [1.54, 1.807) is 11.3 Å². The van der Waals surface area contributed by atoms with Crippen molar-refractivity contribution in [3.8, 4) is 5.75 Å². The minimum atomic E-state index is 0.0346. The number of ether oxygens (including phenoxy) is 1. The lowest BCUT2D eigenvalue weighted by molar-refractivity contribution is -0.137. The van der Waals surface area contributed by atoms with Crippen LogP contribution in [0.2, 0.25) is 0 Å². The van der Waals surface area contributed by atoms with Crippen molar-refractivity contribution >= 4 is 17.2 Å². The lowest BCUT2D eigenvalue weighted by atomic mass is 10.1. The number of thiophene rings is 1. The monoisotopic (exact) mass is 358 g/mol. The maximum Gasteiger partial charge on any atom is 0.262 e. The van der Waals surface area contributed by atoms with E-state index >= 15 is 0 Å². The molecule has 0 aliphatic carbocycles. The zero-order chi connectivity index (χ0) is 17.5. The van der Waals surface area contributed by atoms with E-state index in [2.05, 4.69) is 23.7 Å². The molecule has 2 aromatic rings. The van der Waals surface area contributed by atoms with Crippen LogP contribution in [0.3, 0.4) is 0 Å². The van der Waals surface area contributed by atoms with Crippen molar-refractivity contribution in [1.82, 2.24) is 10.2 Å². The molecule has 0 radical (unpaired) electrons. The first kappa shape index (κ1) is 18.0. The summed E-state index contributed by atoms with van der Waals surface area (Å²) in [5.41, 5.74) is 1.27. The fourth-order valence-electron chi connectivity index (χ4n) is 3.09. The van der Waals surface area contributed by atoms with Gasteiger partial charge in [0.05, 0.1) is 12.7 Å². The lowest BCUT2D eigenvalue weighted by Crippen LogP contribution is -2.51. The van der Waals surface area contributed by atoms with Gasteiger partial charge in [0.2, 0.25) is 0 Å². The average molecular weight is 359 g/mol. The highest BCUT2D eigenvalue weighted by Crippen LogP contribution is 2.19. The van der Waals surface area contributed by atoms with Crippen LogP contribution >= 0.6 is 11.3 Å². The first-order chi connectivity index (χ1) is 12.3. The summed E-state index contributed by atoms with van der Waals surface area (Å²) < 4.78 is 5.74. The first-order valence-corrected chi connectivity index (χ1v) is 9.91. The molecule has 2 heterocycles. The minimum Gasteiger partial charge on any atom is -0.484 e. The van der Waals surface area contributed by atoms with Crippen molar-refractivity contribution in [1.29, 1.82) is 0 Å². The number of benzene rings is 1. The summed E-state index contributed by atoms with van der Waals surface area (Å²) in [6, 6.07) is 12.1. The largest absolute Gasteiger partial charge is 0.484 e. The molecule has 1 aromatic carbocycles. The molecule has 25 heavy (non-hydrogen) atoms. The van der Waals surface area contributed by atoms with Gasteiger partial charge >= 0.3 is 0 Å². The second kappa shape index (κ2) is 9.02. The van der Waals surface area contributed by atoms with E-state index in [0.717, 1.165) is 31.6 Å². The number of rotatable bonds is 7. The molecule has 1 aliphatic heterocycles. The Hall–Kier alpha value is -1.85. The highest BCUT2D eigenvalue weighted by molar-refractivity contribution is 7.09. The van der Waals surface area contributed by atoms with Crippen LogP contribution in [0.15, 0.2) is 41.8 Å². The average Bonchev–Trinajstić information content (AvgIpc) is 3.18. The molecule has 4 nitrogen and oxygen atoms in total. The van der Waals surface area contributed by atoms with Crippen molar-refractivity contribution in [3.63, 3.8) is 0 Å². The van der Waals surface area contributed by atoms with Gasteiger partial charge in [0.1, 0.15) is 5.75 Å². The molecular weight excluding hydrogens is 332 g/mol. The van der Waals surface area contributed by atoms with Crippen molar-refractivity contribution in [3.05, 3.63) is 52.2 Å². The third-order valence-electron chi connectivity index (χ3n) is 4.58. The van der Waals surface area contributed by atoms with E-state index in [1.807, 2.05) is 35.2 Å². The van der Waals surface area contributed by atoms with Crippen molar-refractivity contribution in [2.45, 2.75) is 45.3 Å². The Labute approximate surface area is 153 Å². The standard InChI is InChI=1S/C20H26N2O2S/c1-2-16-8-10-17(11-9-16)24-15-20(23)22(14-18-6-5-13-25-18)19-7-3-4-12-21-19/h5-6,8-11,13,19,21H,2-4,7,12,14-15H2,1H3. The van der Waals surface area contributed by atoms with Gasteiger partial charge in [-0.2, -0.15) is 0 Å². The molecule has 1 saturated heterocycles. The molecule has 1 N–H and O–H groups in total. The second-order valence-electron chi connectivity index (χ2n) is 6.35. The molecule has 0 saturated carbocycles. The first-order valence-electron chi connectivity index (χ1n) is 9.03. The van der Waals surface area contributed by atoms with Crippen LogP contribution in [0.1, 0.15) is 36.6 Å². The minimum absolute atomic E-state index is 0.0346. The molecule has 1 aliphatic rings. The predicted octanol–water partition coefficient (Wildman–Crippen LogP) is 3.82. The van der Waals surface area contributed by atoms with Gasteiger partial charge in [-0.15, -0.1) is 11.3 Å². The number of piperidine rings is 1. The lowest BCUT2D eigenvalue weighted by Gasteiger charge is -2.35. The number of aryl methyl sites for hydroxylation is 1. The predicted molar refractivity (Wildman–Crippen MR) is 102 cm³/mol. The summed E-state index contributed by atoms with van der Waals surface area (Å²) in [6.07, 6.45) is 4.45. The quantitative estimate of drug-likeness (QED) is 0.818. The Balaban J connectivity index is 1.62. The number of hydrogen-bond donors (Lipinski definition) is 1. The number of nitrogens with one attached hydrogen (secondary N) is 1. The summed E-state index contributed by atoms with van der Waals surface area (Å²) >= 11 is 1.69. The summed E-state index contributed by atoms with van der Waals surface area (Å²) in [5.74, 6) is 0.783. The summed E-state index contributed by atoms with van der Waals surface area (Å²) in [7, 11) is 0. The molecule has 0 spiro atoms. The Morgan fingerprint density at radius 1 is 1.28 bits per heavy atom. The summed E-state index contributed by atoms with van der Waals surface area (Å²) in [4.78, 5) is 16.0. The van der Waals surface area contributed by atoms with Crippen LogP contribution in [0.4, 0.5) is 0 Å². The van der Waals surface area contributed by atoms with E-state index in [4.69, 9.17) is 4.74 Å². The van der Waals surface area contributed by atoms with Crippen LogP contribution < -0.4 is 10.1 Å². The van der Waals surface area contributed by atoms with Gasteiger partial charge in [-0.3, -0.25) is 10.1 Å². The highest BCUT2D eigenvalue weighted by Gasteiger charge is 2.25. The zero-order valence-corrected chi connectivity index (χ0v) is 15.6. The zero-order valence-electron chi connectivity index (χ0n) is 14.7. The van der Waals surface area contributed by atoms with E-state index < -0.39 is 0 Å². The van der Waals surface area contributed by atoms with Crippen molar-refractivity contribution < 1.29 is 9.53 Å². The van der Waals surface area contributed by atoms with Crippen LogP contribution in [0, 0.1) is 0 Å². The number of carbonyl (C=O) groups excluding carboxylic acids is 1. The molecule has 1 fully saturated rings. The van der Waals surface area contributed by atoms with Gasteiger partial charge in [-0.05, 0) is 61.4 Å². The molecule has 134 valence electrons. The second-order valence-corrected chi connectivity index (χ2v) is 7.39. The third-order valence-corrected chi connectivity index (χ3v) is 5.44. The SMILES string of the molecule is CCc1ccc(OCC(=O)N(Cc2cccs2)C2CCCCN2)cc1. The molecule has 5 heteroatoms. The van der Waals surface area contributed by atoms with Crippen LogP contribution in [-0.2, 0) is 17.8 Å². The summed E-state index contributed by atoms with van der Waals surface area (Å²) in [6.45, 7) is 3.82. The van der Waals surface area contributed by atoms with Crippen molar-refractivity contribution in [2.24, 2.45) is 0 Å². The molecule has 0 bridgehead atoms. The number of nitrogens with zero attached hydrogens (tertiary/aromatic N) is 1. The van der Waals surface area contributed by atoms with Gasteiger partial charge < -0.3 is 9.64 Å². The fourth-order valence-corrected chi connectivity index (χ4v) is 3.79. The molecule has 1 aromatic heterocycles. The van der Waals surface area contributed by atoms with Gasteiger partial charge in [-0.1, -0.05) is 25.1 Å². The van der Waals surface area contributed by atoms with E-state index in [1.165, 1.54) is 16.9 Å². The third kappa shape index (κ3) is 5.06. The van der Waals surface area contributed by atoms with Gasteiger partial charge in [-0.25, -0.2) is 0 Å². The van der Waals surface area contributed by atoms with Crippen LogP contribution in [0.5, 0.6) is 5.75 Å². The highest BCUT2D eigenvalue weighted by atomic mass is 32.1. The maximum absolute atomic E-state index is 12.8. The number of carbonyl (C=O) groups is 1. The van der Waals surface area contributed by atoms with Gasteiger partial charge in [0, 0.05) is 4.88 Å². The summed E-state index contributed by atoms with van der Waals surface area (Å²) in [5, 5.41) is 5.53. The smallest absolute Gasteiger partial charge is 0.262 e. The van der Waals surface area contributed by atoms with E-state index in [-0.39, 0.29) is 18.7 Å². The van der Waals surface area contributed by atoms with Gasteiger partial charge in [0.15, 0.2) is 6.61 Å². The van der Waals surface area contributed by atoms with Crippen LogP contribution in [0.25, 0.3) is 0 Å². The van der Waals surface area contributed by atoms with E-state index in [9.17, 15) is 4.79 Å². The molecule has 1 atom stereocenters. The molecule has 1 amide bonds. The number of amides is 1. The Kier molecular flexibility index (Phi) is 6.48. The topological polar surface area (TPSA) is 41.6 Å². The number of hydrogen-bond acceptors (Lipinski definition) is 4. The Bertz CT molecular complexity index is 649.